The highest BCUT2D eigenvalue weighted by Crippen LogP contribution is 2.41. The maximum absolute atomic E-state index is 13.3. The summed E-state index contributed by atoms with van der Waals surface area (Å²) < 4.78 is 10.8. The summed E-state index contributed by atoms with van der Waals surface area (Å²) in [6.07, 6.45) is 3.24. The van der Waals surface area contributed by atoms with Gasteiger partial charge in [-0.1, -0.05) is 30.3 Å². The summed E-state index contributed by atoms with van der Waals surface area (Å²) >= 11 is 0. The topological polar surface area (TPSA) is 105 Å². The van der Waals surface area contributed by atoms with E-state index < -0.39 is 30.1 Å². The molecule has 2 aliphatic heterocycles. The molecule has 176 valence electrons. The molecule has 0 radical (unpaired) electrons. The predicted octanol–water partition coefficient (Wildman–Crippen LogP) is 2.01. The maximum atomic E-state index is 13.3. The standard InChI is InChI=1S/C24H34N2O6/c1-3-32-23(30)19(11-10-18-8-5-4-6-9-18)25-17(2)21(27)26-15-24(12-7-13-31-16-24)14-20(26)22(28)29/h4-6,8-9,17,19-20,25H,3,7,10-16H2,1-2H3,(H,28,29)/t17?,19-,20-,24?/m0/s1. The average Bonchev–Trinajstić information content (AvgIpc) is 3.16. The smallest absolute Gasteiger partial charge is 0.326 e. The Bertz CT molecular complexity index is 793. The molecule has 8 heteroatoms. The van der Waals surface area contributed by atoms with Crippen LogP contribution in [0.3, 0.4) is 0 Å². The molecule has 3 rings (SSSR count). The number of carboxylic acids is 1. The van der Waals surface area contributed by atoms with Crippen molar-refractivity contribution in [2.45, 2.75) is 64.1 Å². The van der Waals surface area contributed by atoms with Crippen molar-refractivity contribution in [1.82, 2.24) is 10.2 Å². The summed E-state index contributed by atoms with van der Waals surface area (Å²) in [5.41, 5.74) is 0.789. The number of nitrogens with zero attached hydrogens (tertiary/aromatic N) is 1. The van der Waals surface area contributed by atoms with E-state index in [2.05, 4.69) is 5.32 Å². The molecule has 2 fully saturated rings. The number of carbonyl (C=O) groups excluding carboxylic acids is 2. The van der Waals surface area contributed by atoms with E-state index in [9.17, 15) is 19.5 Å². The highest BCUT2D eigenvalue weighted by Gasteiger charge is 2.50. The Morgan fingerprint density at radius 1 is 1.31 bits per heavy atom. The monoisotopic (exact) mass is 446 g/mol. The number of aryl methyl sites for hydroxylation is 1. The molecule has 8 nitrogen and oxygen atoms in total. The summed E-state index contributed by atoms with van der Waals surface area (Å²) in [5.74, 6) is -1.72. The number of carboxylic acid groups (broad SMARTS) is 1. The number of nitrogens with one attached hydrogen (secondary N) is 1. The van der Waals surface area contributed by atoms with Crippen LogP contribution in [-0.2, 0) is 30.3 Å². The second kappa shape index (κ2) is 10.9. The molecule has 0 bridgehead atoms. The van der Waals surface area contributed by atoms with Crippen LogP contribution < -0.4 is 5.32 Å². The van der Waals surface area contributed by atoms with Gasteiger partial charge in [-0.3, -0.25) is 14.9 Å². The van der Waals surface area contributed by atoms with Gasteiger partial charge in [0.05, 0.1) is 19.3 Å². The lowest BCUT2D eigenvalue weighted by atomic mass is 9.80. The first-order chi connectivity index (χ1) is 15.3. The molecular formula is C24H34N2O6. The van der Waals surface area contributed by atoms with Gasteiger partial charge in [0.2, 0.25) is 5.91 Å². The Kier molecular flexibility index (Phi) is 8.26. The second-order valence-corrected chi connectivity index (χ2v) is 8.90. The van der Waals surface area contributed by atoms with Crippen LogP contribution in [-0.4, -0.2) is 72.3 Å². The van der Waals surface area contributed by atoms with Crippen molar-refractivity contribution in [2.75, 3.05) is 26.4 Å². The lowest BCUT2D eigenvalue weighted by molar-refractivity contribution is -0.150. The highest BCUT2D eigenvalue weighted by molar-refractivity contribution is 5.88. The van der Waals surface area contributed by atoms with E-state index in [1.165, 1.54) is 4.90 Å². The van der Waals surface area contributed by atoms with Crippen molar-refractivity contribution >= 4 is 17.8 Å². The molecule has 32 heavy (non-hydrogen) atoms. The van der Waals surface area contributed by atoms with E-state index in [0.717, 1.165) is 18.4 Å². The van der Waals surface area contributed by atoms with E-state index in [-0.39, 0.29) is 17.9 Å². The first-order valence-electron chi connectivity index (χ1n) is 11.4. The summed E-state index contributed by atoms with van der Waals surface area (Å²) in [6, 6.07) is 7.54. The molecule has 2 aliphatic rings. The molecule has 0 aliphatic carbocycles. The molecule has 2 saturated heterocycles. The molecule has 1 aromatic rings. The first kappa shape index (κ1) is 24.2. The van der Waals surface area contributed by atoms with Gasteiger partial charge in [0, 0.05) is 18.6 Å². The minimum Gasteiger partial charge on any atom is -0.480 e. The van der Waals surface area contributed by atoms with Gasteiger partial charge in [-0.15, -0.1) is 0 Å². The van der Waals surface area contributed by atoms with Crippen LogP contribution in [0.1, 0.15) is 45.1 Å². The van der Waals surface area contributed by atoms with Crippen LogP contribution in [0.15, 0.2) is 30.3 Å². The Morgan fingerprint density at radius 3 is 2.69 bits per heavy atom. The molecule has 1 aromatic carbocycles. The molecule has 0 saturated carbocycles. The van der Waals surface area contributed by atoms with Crippen LogP contribution in [0, 0.1) is 5.41 Å². The van der Waals surface area contributed by atoms with Crippen molar-refractivity contribution in [2.24, 2.45) is 5.41 Å². The zero-order chi connectivity index (χ0) is 23.1. The molecule has 2 heterocycles. The first-order valence-corrected chi connectivity index (χ1v) is 11.4. The third kappa shape index (κ3) is 5.86. The minimum absolute atomic E-state index is 0.250. The number of ether oxygens (including phenoxy) is 2. The summed E-state index contributed by atoms with van der Waals surface area (Å²) in [7, 11) is 0. The lowest BCUT2D eigenvalue weighted by Gasteiger charge is -2.33. The lowest BCUT2D eigenvalue weighted by Crippen LogP contribution is -2.53. The van der Waals surface area contributed by atoms with Crippen LogP contribution in [0.4, 0.5) is 0 Å². The third-order valence-electron chi connectivity index (χ3n) is 6.44. The normalized spacial score (nSPS) is 24.8. The van der Waals surface area contributed by atoms with Crippen LogP contribution in [0.25, 0.3) is 0 Å². The number of aliphatic carboxylic acids is 1. The van der Waals surface area contributed by atoms with Crippen molar-refractivity contribution in [3.63, 3.8) is 0 Å². The van der Waals surface area contributed by atoms with E-state index in [1.54, 1.807) is 13.8 Å². The summed E-state index contributed by atoms with van der Waals surface area (Å²) in [4.78, 5) is 39.2. The molecule has 4 atom stereocenters. The fraction of sp³-hybridized carbons (Fsp3) is 0.625. The van der Waals surface area contributed by atoms with Crippen molar-refractivity contribution in [1.29, 1.82) is 0 Å². The molecule has 0 aromatic heterocycles. The zero-order valence-corrected chi connectivity index (χ0v) is 18.9. The van der Waals surface area contributed by atoms with Gasteiger partial charge in [0.15, 0.2) is 0 Å². The number of benzene rings is 1. The quantitative estimate of drug-likeness (QED) is 0.559. The number of carbonyl (C=O) groups is 3. The molecule has 1 amide bonds. The van der Waals surface area contributed by atoms with Gasteiger partial charge >= 0.3 is 11.9 Å². The van der Waals surface area contributed by atoms with E-state index >= 15 is 0 Å². The number of amides is 1. The SMILES string of the molecule is CCOC(=O)[C@H](CCc1ccccc1)NC(C)C(=O)N1CC2(CCCOC2)C[C@H]1C(=O)O. The van der Waals surface area contributed by atoms with Crippen molar-refractivity contribution in [3.8, 4) is 0 Å². The molecule has 2 N–H and O–H groups in total. The number of hydrogen-bond acceptors (Lipinski definition) is 6. The molecule has 1 spiro atoms. The van der Waals surface area contributed by atoms with Crippen molar-refractivity contribution < 1.29 is 29.0 Å². The minimum atomic E-state index is -1.00. The van der Waals surface area contributed by atoms with Gasteiger partial charge in [-0.2, -0.15) is 0 Å². The maximum Gasteiger partial charge on any atom is 0.326 e. The Morgan fingerprint density at radius 2 is 2.06 bits per heavy atom. The molecular weight excluding hydrogens is 412 g/mol. The fourth-order valence-corrected chi connectivity index (χ4v) is 4.79. The average molecular weight is 447 g/mol. The highest BCUT2D eigenvalue weighted by atomic mass is 16.5. The molecule has 2 unspecified atom stereocenters. The Balaban J connectivity index is 1.68. The Hall–Kier alpha value is -2.45. The van der Waals surface area contributed by atoms with E-state index in [4.69, 9.17) is 9.47 Å². The van der Waals surface area contributed by atoms with Crippen LogP contribution >= 0.6 is 0 Å². The van der Waals surface area contributed by atoms with Gasteiger partial charge in [0.25, 0.3) is 0 Å². The van der Waals surface area contributed by atoms with E-state index in [1.807, 2.05) is 30.3 Å². The fourth-order valence-electron chi connectivity index (χ4n) is 4.79. The number of hydrogen-bond donors (Lipinski definition) is 2. The van der Waals surface area contributed by atoms with Gasteiger partial charge < -0.3 is 19.5 Å². The number of esters is 1. The van der Waals surface area contributed by atoms with Gasteiger partial charge in [0.1, 0.15) is 12.1 Å². The second-order valence-electron chi connectivity index (χ2n) is 8.90. The van der Waals surface area contributed by atoms with Gasteiger partial charge in [-0.25, -0.2) is 4.79 Å². The van der Waals surface area contributed by atoms with E-state index in [0.29, 0.717) is 39.0 Å². The van der Waals surface area contributed by atoms with Crippen molar-refractivity contribution in [3.05, 3.63) is 35.9 Å². The predicted molar refractivity (Wildman–Crippen MR) is 118 cm³/mol. The third-order valence-corrected chi connectivity index (χ3v) is 6.44. The zero-order valence-electron chi connectivity index (χ0n) is 18.9. The summed E-state index contributed by atoms with van der Waals surface area (Å²) in [6.45, 7) is 5.19. The number of likely N-dealkylation sites (tertiary alicyclic amines) is 1. The number of rotatable bonds is 9. The summed E-state index contributed by atoms with van der Waals surface area (Å²) in [5, 5.41) is 12.9. The Labute approximate surface area is 189 Å². The van der Waals surface area contributed by atoms with Crippen LogP contribution in [0.5, 0.6) is 0 Å². The van der Waals surface area contributed by atoms with Crippen LogP contribution in [0.2, 0.25) is 0 Å². The van der Waals surface area contributed by atoms with Gasteiger partial charge in [-0.05, 0) is 51.5 Å². The largest absolute Gasteiger partial charge is 0.480 e.